The average Bonchev–Trinajstić information content (AvgIpc) is 2.81. The molecule has 1 aromatic rings. The van der Waals surface area contributed by atoms with Gasteiger partial charge in [0.15, 0.2) is 0 Å². The van der Waals surface area contributed by atoms with Crippen LogP contribution in [0.15, 0.2) is 11.6 Å². The SMILES string of the molecule is NCC(c1nccs1)C12CC3CC(CC(C3)C1)C2. The van der Waals surface area contributed by atoms with Crippen molar-refractivity contribution in [1.29, 1.82) is 0 Å². The molecule has 0 aromatic carbocycles. The van der Waals surface area contributed by atoms with E-state index in [4.69, 9.17) is 5.73 Å². The summed E-state index contributed by atoms with van der Waals surface area (Å²) in [5, 5.41) is 3.41. The first-order valence-corrected chi connectivity index (χ1v) is 8.26. The molecule has 1 aromatic heterocycles. The zero-order valence-electron chi connectivity index (χ0n) is 10.8. The molecule has 2 nitrogen and oxygen atoms in total. The second-order valence-corrected chi connectivity index (χ2v) is 7.86. The van der Waals surface area contributed by atoms with E-state index in [1.54, 1.807) is 0 Å². The van der Waals surface area contributed by atoms with Gasteiger partial charge in [0, 0.05) is 24.0 Å². The standard InChI is InChI=1S/C15H22N2S/c16-9-13(14-17-1-2-18-14)15-6-10-3-11(7-15)5-12(4-10)8-15/h1-2,10-13H,3-9,16H2. The summed E-state index contributed by atoms with van der Waals surface area (Å²) in [6.45, 7) is 0.791. The number of nitrogens with zero attached hydrogens (tertiary/aromatic N) is 1. The predicted molar refractivity (Wildman–Crippen MR) is 74.5 cm³/mol. The summed E-state index contributed by atoms with van der Waals surface area (Å²) >= 11 is 1.81. The van der Waals surface area contributed by atoms with Gasteiger partial charge in [0.05, 0.1) is 5.01 Å². The summed E-state index contributed by atoms with van der Waals surface area (Å²) in [4.78, 5) is 4.58. The minimum atomic E-state index is 0.515. The quantitative estimate of drug-likeness (QED) is 0.906. The van der Waals surface area contributed by atoms with E-state index < -0.39 is 0 Å². The van der Waals surface area contributed by atoms with E-state index in [0.717, 1.165) is 24.3 Å². The summed E-state index contributed by atoms with van der Waals surface area (Å²) in [7, 11) is 0. The van der Waals surface area contributed by atoms with Crippen molar-refractivity contribution >= 4 is 11.3 Å². The highest BCUT2D eigenvalue weighted by atomic mass is 32.1. The lowest BCUT2D eigenvalue weighted by Gasteiger charge is -2.59. The van der Waals surface area contributed by atoms with Crippen LogP contribution in [-0.2, 0) is 0 Å². The van der Waals surface area contributed by atoms with E-state index in [9.17, 15) is 0 Å². The number of hydrogen-bond donors (Lipinski definition) is 1. The van der Waals surface area contributed by atoms with Gasteiger partial charge in [-0.25, -0.2) is 4.98 Å². The molecular formula is C15H22N2S. The maximum absolute atomic E-state index is 6.15. The Morgan fingerprint density at radius 2 is 1.83 bits per heavy atom. The third-order valence-electron chi connectivity index (χ3n) is 5.81. The third kappa shape index (κ3) is 1.60. The molecule has 4 saturated carbocycles. The van der Waals surface area contributed by atoms with Crippen LogP contribution < -0.4 is 5.73 Å². The van der Waals surface area contributed by atoms with Crippen LogP contribution in [0, 0.1) is 23.2 Å². The molecule has 0 aliphatic heterocycles. The summed E-state index contributed by atoms with van der Waals surface area (Å²) in [6, 6.07) is 0. The van der Waals surface area contributed by atoms with Crippen molar-refractivity contribution in [2.24, 2.45) is 28.9 Å². The molecule has 1 atom stereocenters. The Morgan fingerprint density at radius 1 is 1.22 bits per heavy atom. The van der Waals surface area contributed by atoms with Gasteiger partial charge >= 0.3 is 0 Å². The lowest BCUT2D eigenvalue weighted by molar-refractivity contribution is -0.0671. The van der Waals surface area contributed by atoms with Crippen LogP contribution in [0.25, 0.3) is 0 Å². The van der Waals surface area contributed by atoms with E-state index in [-0.39, 0.29) is 0 Å². The van der Waals surface area contributed by atoms with Crippen LogP contribution in [0.3, 0.4) is 0 Å². The molecule has 0 amide bonds. The van der Waals surface area contributed by atoms with Gasteiger partial charge < -0.3 is 5.73 Å². The maximum atomic E-state index is 6.15. The molecule has 98 valence electrons. The Labute approximate surface area is 113 Å². The fourth-order valence-electron chi connectivity index (χ4n) is 5.62. The average molecular weight is 262 g/mol. The van der Waals surface area contributed by atoms with Gasteiger partial charge in [-0.05, 0) is 61.7 Å². The minimum absolute atomic E-state index is 0.515. The van der Waals surface area contributed by atoms with Crippen molar-refractivity contribution in [1.82, 2.24) is 4.98 Å². The minimum Gasteiger partial charge on any atom is -0.330 e. The Morgan fingerprint density at radius 3 is 2.28 bits per heavy atom. The number of thiazole rings is 1. The lowest BCUT2D eigenvalue weighted by atomic mass is 9.46. The van der Waals surface area contributed by atoms with Crippen LogP contribution in [0.4, 0.5) is 0 Å². The second-order valence-electron chi connectivity index (χ2n) is 6.94. The third-order valence-corrected chi connectivity index (χ3v) is 6.70. The fourth-order valence-corrected chi connectivity index (χ4v) is 6.52. The van der Waals surface area contributed by atoms with Gasteiger partial charge in [0.1, 0.15) is 0 Å². The van der Waals surface area contributed by atoms with E-state index in [0.29, 0.717) is 11.3 Å². The Hall–Kier alpha value is -0.410. The van der Waals surface area contributed by atoms with Crippen molar-refractivity contribution in [2.45, 2.75) is 44.4 Å². The van der Waals surface area contributed by atoms with Crippen molar-refractivity contribution in [3.8, 4) is 0 Å². The second kappa shape index (κ2) is 4.04. The zero-order valence-corrected chi connectivity index (χ0v) is 11.7. The summed E-state index contributed by atoms with van der Waals surface area (Å²) in [6.07, 6.45) is 10.8. The predicted octanol–water partition coefficient (Wildman–Crippen LogP) is 3.40. The van der Waals surface area contributed by atoms with Crippen molar-refractivity contribution < 1.29 is 0 Å². The number of hydrogen-bond acceptors (Lipinski definition) is 3. The van der Waals surface area contributed by atoms with Crippen LogP contribution in [-0.4, -0.2) is 11.5 Å². The summed E-state index contributed by atoms with van der Waals surface area (Å²) < 4.78 is 0. The van der Waals surface area contributed by atoms with Crippen LogP contribution in [0.5, 0.6) is 0 Å². The van der Waals surface area contributed by atoms with Crippen molar-refractivity contribution in [2.75, 3.05) is 6.54 Å². The molecule has 4 aliphatic carbocycles. The molecule has 0 saturated heterocycles. The van der Waals surface area contributed by atoms with E-state index in [1.807, 2.05) is 17.5 Å². The molecule has 3 heteroatoms. The summed E-state index contributed by atoms with van der Waals surface area (Å²) in [5.74, 6) is 3.55. The van der Waals surface area contributed by atoms with Gasteiger partial charge in [-0.1, -0.05) is 0 Å². The van der Waals surface area contributed by atoms with Gasteiger partial charge in [-0.15, -0.1) is 11.3 Å². The zero-order chi connectivity index (χ0) is 12.2. The maximum Gasteiger partial charge on any atom is 0.0974 e. The van der Waals surface area contributed by atoms with Crippen molar-refractivity contribution in [3.63, 3.8) is 0 Å². The molecule has 18 heavy (non-hydrogen) atoms. The van der Waals surface area contributed by atoms with Gasteiger partial charge in [-0.3, -0.25) is 0 Å². The molecule has 2 N–H and O–H groups in total. The molecule has 1 heterocycles. The fraction of sp³-hybridized carbons (Fsp3) is 0.800. The molecular weight excluding hydrogens is 240 g/mol. The molecule has 4 bridgehead atoms. The Bertz CT molecular complexity index is 390. The van der Waals surface area contributed by atoms with Gasteiger partial charge in [0.25, 0.3) is 0 Å². The monoisotopic (exact) mass is 262 g/mol. The highest BCUT2D eigenvalue weighted by molar-refractivity contribution is 7.09. The number of rotatable bonds is 3. The highest BCUT2D eigenvalue weighted by Gasteiger charge is 2.54. The first kappa shape index (κ1) is 11.4. The molecule has 4 aliphatic rings. The van der Waals surface area contributed by atoms with Gasteiger partial charge in [0.2, 0.25) is 0 Å². The highest BCUT2D eigenvalue weighted by Crippen LogP contribution is 2.64. The van der Waals surface area contributed by atoms with Crippen LogP contribution in [0.1, 0.15) is 49.5 Å². The lowest BCUT2D eigenvalue weighted by Crippen LogP contribution is -2.50. The molecule has 4 fully saturated rings. The summed E-state index contributed by atoms with van der Waals surface area (Å²) in [5.41, 5.74) is 6.67. The van der Waals surface area contributed by atoms with E-state index in [1.165, 1.54) is 43.5 Å². The van der Waals surface area contributed by atoms with Gasteiger partial charge in [-0.2, -0.15) is 0 Å². The van der Waals surface area contributed by atoms with Crippen molar-refractivity contribution in [3.05, 3.63) is 16.6 Å². The molecule has 5 rings (SSSR count). The van der Waals surface area contributed by atoms with E-state index in [2.05, 4.69) is 10.4 Å². The normalized spacial score (nSPS) is 43.3. The van der Waals surface area contributed by atoms with E-state index >= 15 is 0 Å². The first-order chi connectivity index (χ1) is 8.79. The molecule has 0 spiro atoms. The topological polar surface area (TPSA) is 38.9 Å². The smallest absolute Gasteiger partial charge is 0.0974 e. The molecule has 1 unspecified atom stereocenters. The molecule has 0 radical (unpaired) electrons. The number of aromatic nitrogens is 1. The Balaban J connectivity index is 1.70. The Kier molecular flexibility index (Phi) is 2.56. The first-order valence-electron chi connectivity index (χ1n) is 7.38. The van der Waals surface area contributed by atoms with Crippen LogP contribution >= 0.6 is 11.3 Å². The van der Waals surface area contributed by atoms with Crippen LogP contribution in [0.2, 0.25) is 0 Å². The number of nitrogens with two attached hydrogens (primary N) is 1. The largest absolute Gasteiger partial charge is 0.330 e.